The van der Waals surface area contributed by atoms with Gasteiger partial charge in [0.1, 0.15) is 5.92 Å². The number of hydrogen-bond acceptors (Lipinski definition) is 3. The van der Waals surface area contributed by atoms with Crippen LogP contribution in [0.15, 0.2) is 0 Å². The van der Waals surface area contributed by atoms with Crippen molar-refractivity contribution in [3.63, 3.8) is 0 Å². The van der Waals surface area contributed by atoms with Crippen LogP contribution in [0.4, 0.5) is 0 Å². The minimum atomic E-state index is -0.629. The normalized spacial score (nSPS) is 12.8. The average molecular weight is 253 g/mol. The SMILES string of the molecule is CCCCC(C)(CCCC)C(C#N)C(=O)OCC. The number of esters is 1. The van der Waals surface area contributed by atoms with Gasteiger partial charge in [-0.05, 0) is 25.2 Å². The Morgan fingerprint density at radius 3 is 2.06 bits per heavy atom. The van der Waals surface area contributed by atoms with Gasteiger partial charge in [0.25, 0.3) is 0 Å². The zero-order chi connectivity index (χ0) is 14.0. The number of carbonyl (C=O) groups excluding carboxylic acids is 1. The van der Waals surface area contributed by atoms with Crippen molar-refractivity contribution < 1.29 is 9.53 Å². The molecule has 0 aromatic rings. The van der Waals surface area contributed by atoms with Gasteiger partial charge < -0.3 is 4.74 Å². The predicted octanol–water partition coefficient (Wildman–Crippen LogP) is 4.08. The highest BCUT2D eigenvalue weighted by Crippen LogP contribution is 2.38. The summed E-state index contributed by atoms with van der Waals surface area (Å²) in [6.45, 7) is 8.44. The van der Waals surface area contributed by atoms with Crippen molar-refractivity contribution in [2.45, 2.75) is 66.2 Å². The fourth-order valence-corrected chi connectivity index (χ4v) is 2.29. The minimum Gasteiger partial charge on any atom is -0.465 e. The van der Waals surface area contributed by atoms with E-state index in [0.29, 0.717) is 6.61 Å². The van der Waals surface area contributed by atoms with Crippen LogP contribution in [0.25, 0.3) is 0 Å². The van der Waals surface area contributed by atoms with Crippen molar-refractivity contribution in [1.82, 2.24) is 0 Å². The molecule has 0 aliphatic carbocycles. The number of nitrogens with zero attached hydrogens (tertiary/aromatic N) is 1. The topological polar surface area (TPSA) is 50.1 Å². The molecule has 0 saturated heterocycles. The molecule has 3 nitrogen and oxygen atoms in total. The molecule has 0 spiro atoms. The van der Waals surface area contributed by atoms with Gasteiger partial charge in [0.2, 0.25) is 0 Å². The van der Waals surface area contributed by atoms with E-state index in [0.717, 1.165) is 38.5 Å². The third kappa shape index (κ3) is 5.08. The maximum Gasteiger partial charge on any atom is 0.323 e. The molecule has 104 valence electrons. The first-order chi connectivity index (χ1) is 8.55. The van der Waals surface area contributed by atoms with E-state index < -0.39 is 5.92 Å². The van der Waals surface area contributed by atoms with E-state index in [1.54, 1.807) is 6.92 Å². The van der Waals surface area contributed by atoms with Crippen LogP contribution in [0.2, 0.25) is 0 Å². The Balaban J connectivity index is 4.87. The highest BCUT2D eigenvalue weighted by atomic mass is 16.5. The molecular formula is C15H27NO2. The maximum atomic E-state index is 11.9. The van der Waals surface area contributed by atoms with Crippen LogP contribution in [-0.2, 0) is 9.53 Å². The average Bonchev–Trinajstić information content (AvgIpc) is 2.35. The third-order valence-corrected chi connectivity index (χ3v) is 3.55. The fraction of sp³-hybridized carbons (Fsp3) is 0.867. The molecule has 18 heavy (non-hydrogen) atoms. The molecule has 0 fully saturated rings. The van der Waals surface area contributed by atoms with Crippen LogP contribution < -0.4 is 0 Å². The lowest BCUT2D eigenvalue weighted by molar-refractivity contribution is -0.150. The lowest BCUT2D eigenvalue weighted by atomic mass is 9.70. The second-order valence-corrected chi connectivity index (χ2v) is 5.18. The molecule has 0 heterocycles. The fourth-order valence-electron chi connectivity index (χ4n) is 2.29. The highest BCUT2D eigenvalue weighted by Gasteiger charge is 2.39. The summed E-state index contributed by atoms with van der Waals surface area (Å²) in [5.74, 6) is -0.981. The van der Waals surface area contributed by atoms with Crippen LogP contribution >= 0.6 is 0 Å². The van der Waals surface area contributed by atoms with E-state index in [1.807, 2.05) is 0 Å². The van der Waals surface area contributed by atoms with Gasteiger partial charge in [-0.3, -0.25) is 4.79 Å². The summed E-state index contributed by atoms with van der Waals surface area (Å²) < 4.78 is 5.04. The second-order valence-electron chi connectivity index (χ2n) is 5.18. The molecule has 0 radical (unpaired) electrons. The number of nitriles is 1. The number of carbonyl (C=O) groups is 1. The standard InChI is InChI=1S/C15H27NO2/c1-5-8-10-15(4,11-9-6-2)13(12-16)14(17)18-7-3/h13H,5-11H2,1-4H3. The first-order valence-electron chi connectivity index (χ1n) is 7.11. The first kappa shape index (κ1) is 17.0. The summed E-state index contributed by atoms with van der Waals surface area (Å²) in [7, 11) is 0. The summed E-state index contributed by atoms with van der Waals surface area (Å²) in [5.41, 5.74) is -0.243. The quantitative estimate of drug-likeness (QED) is 0.582. The molecule has 0 aliphatic heterocycles. The molecule has 0 saturated carbocycles. The molecule has 0 aromatic heterocycles. The van der Waals surface area contributed by atoms with Gasteiger partial charge in [0.15, 0.2) is 0 Å². The highest BCUT2D eigenvalue weighted by molar-refractivity contribution is 5.76. The summed E-state index contributed by atoms with van der Waals surface area (Å²) in [6.07, 6.45) is 6.11. The van der Waals surface area contributed by atoms with Gasteiger partial charge in [0.05, 0.1) is 12.7 Å². The van der Waals surface area contributed by atoms with Gasteiger partial charge >= 0.3 is 5.97 Å². The molecule has 0 N–H and O–H groups in total. The molecule has 1 unspecified atom stereocenters. The Morgan fingerprint density at radius 2 is 1.72 bits per heavy atom. The number of hydrogen-bond donors (Lipinski definition) is 0. The smallest absolute Gasteiger partial charge is 0.323 e. The molecule has 0 aromatic carbocycles. The summed E-state index contributed by atoms with van der Waals surface area (Å²) in [4.78, 5) is 11.9. The van der Waals surface area contributed by atoms with E-state index in [1.165, 1.54) is 0 Å². The molecule has 1 atom stereocenters. The van der Waals surface area contributed by atoms with Crippen molar-refractivity contribution in [3.8, 4) is 6.07 Å². The Morgan fingerprint density at radius 1 is 1.22 bits per heavy atom. The lowest BCUT2D eigenvalue weighted by Gasteiger charge is -2.32. The van der Waals surface area contributed by atoms with Crippen LogP contribution in [0.5, 0.6) is 0 Å². The van der Waals surface area contributed by atoms with Gasteiger partial charge in [-0.2, -0.15) is 5.26 Å². The maximum absolute atomic E-state index is 11.9. The Labute approximate surface area is 112 Å². The van der Waals surface area contributed by atoms with Crippen LogP contribution in [0.3, 0.4) is 0 Å². The lowest BCUT2D eigenvalue weighted by Crippen LogP contribution is -2.34. The van der Waals surface area contributed by atoms with Gasteiger partial charge in [-0.15, -0.1) is 0 Å². The minimum absolute atomic E-state index is 0.243. The third-order valence-electron chi connectivity index (χ3n) is 3.55. The Bertz CT molecular complexity index is 273. The van der Waals surface area contributed by atoms with Crippen molar-refractivity contribution in [2.24, 2.45) is 11.3 Å². The number of ether oxygens (including phenoxy) is 1. The number of unbranched alkanes of at least 4 members (excludes halogenated alkanes) is 2. The molecule has 0 bridgehead atoms. The Hall–Kier alpha value is -1.04. The van der Waals surface area contributed by atoms with Crippen molar-refractivity contribution in [3.05, 3.63) is 0 Å². The largest absolute Gasteiger partial charge is 0.465 e. The van der Waals surface area contributed by atoms with Gasteiger partial charge in [-0.25, -0.2) is 0 Å². The molecule has 0 aliphatic rings. The summed E-state index contributed by atoms with van der Waals surface area (Å²) in [6, 6.07) is 2.17. The van der Waals surface area contributed by atoms with Gasteiger partial charge in [-0.1, -0.05) is 46.5 Å². The predicted molar refractivity (Wildman–Crippen MR) is 72.9 cm³/mol. The van der Waals surface area contributed by atoms with E-state index in [-0.39, 0.29) is 11.4 Å². The molecule has 0 amide bonds. The van der Waals surface area contributed by atoms with Crippen LogP contribution in [0, 0.1) is 22.7 Å². The molecular weight excluding hydrogens is 226 g/mol. The van der Waals surface area contributed by atoms with Crippen molar-refractivity contribution in [1.29, 1.82) is 5.26 Å². The Kier molecular flexibility index (Phi) is 8.45. The molecule has 0 rings (SSSR count). The van der Waals surface area contributed by atoms with Crippen molar-refractivity contribution in [2.75, 3.05) is 6.61 Å². The second kappa shape index (κ2) is 8.97. The zero-order valence-corrected chi connectivity index (χ0v) is 12.3. The van der Waals surface area contributed by atoms with E-state index >= 15 is 0 Å². The monoisotopic (exact) mass is 253 g/mol. The van der Waals surface area contributed by atoms with E-state index in [4.69, 9.17) is 4.74 Å². The zero-order valence-electron chi connectivity index (χ0n) is 12.3. The molecule has 3 heteroatoms. The first-order valence-corrected chi connectivity index (χ1v) is 7.11. The van der Waals surface area contributed by atoms with E-state index in [9.17, 15) is 10.1 Å². The van der Waals surface area contributed by atoms with E-state index in [2.05, 4.69) is 26.8 Å². The van der Waals surface area contributed by atoms with Gasteiger partial charge in [0, 0.05) is 0 Å². The summed E-state index contributed by atoms with van der Waals surface area (Å²) >= 11 is 0. The van der Waals surface area contributed by atoms with Crippen LogP contribution in [-0.4, -0.2) is 12.6 Å². The summed E-state index contributed by atoms with van der Waals surface area (Å²) in [5, 5.41) is 9.31. The number of rotatable bonds is 9. The van der Waals surface area contributed by atoms with Crippen molar-refractivity contribution >= 4 is 5.97 Å². The van der Waals surface area contributed by atoms with Crippen LogP contribution in [0.1, 0.15) is 66.2 Å².